The van der Waals surface area contributed by atoms with Crippen molar-refractivity contribution in [2.75, 3.05) is 5.32 Å². The lowest BCUT2D eigenvalue weighted by Crippen LogP contribution is -2.15. The highest BCUT2D eigenvalue weighted by molar-refractivity contribution is 6.30. The summed E-state index contributed by atoms with van der Waals surface area (Å²) in [6.45, 7) is 1.83. The van der Waals surface area contributed by atoms with E-state index < -0.39 is 0 Å². The van der Waals surface area contributed by atoms with Crippen LogP contribution >= 0.6 is 11.6 Å². The largest absolute Gasteiger partial charge is 0.322 e. The zero-order valence-electron chi connectivity index (χ0n) is 12.9. The molecular weight excluding hydrogens is 329 g/mol. The molecule has 0 aliphatic rings. The molecule has 1 heterocycles. The predicted molar refractivity (Wildman–Crippen MR) is 92.5 cm³/mol. The van der Waals surface area contributed by atoms with Crippen molar-refractivity contribution in [2.45, 2.75) is 13.3 Å². The number of rotatable bonds is 4. The van der Waals surface area contributed by atoms with E-state index in [9.17, 15) is 9.18 Å². The Kier molecular flexibility index (Phi) is 4.62. The van der Waals surface area contributed by atoms with Gasteiger partial charge >= 0.3 is 0 Å². The van der Waals surface area contributed by atoms with E-state index in [-0.39, 0.29) is 18.1 Å². The average molecular weight is 344 g/mol. The number of anilines is 1. The van der Waals surface area contributed by atoms with Crippen LogP contribution in [-0.4, -0.2) is 16.1 Å². The molecule has 0 fully saturated rings. The maximum absolute atomic E-state index is 12.9. The van der Waals surface area contributed by atoms with Gasteiger partial charge in [-0.1, -0.05) is 35.9 Å². The number of nitrogens with zero attached hydrogens (tertiary/aromatic N) is 1. The molecule has 0 spiro atoms. The number of aromatic amines is 1. The van der Waals surface area contributed by atoms with Gasteiger partial charge in [0.1, 0.15) is 11.5 Å². The molecule has 2 N–H and O–H groups in total. The first kappa shape index (κ1) is 16.2. The van der Waals surface area contributed by atoms with Crippen LogP contribution < -0.4 is 5.32 Å². The van der Waals surface area contributed by atoms with Crippen LogP contribution in [-0.2, 0) is 11.2 Å². The highest BCUT2D eigenvalue weighted by Gasteiger charge is 2.15. The number of hydrogen-bond donors (Lipinski definition) is 2. The van der Waals surface area contributed by atoms with E-state index in [2.05, 4.69) is 15.5 Å². The summed E-state index contributed by atoms with van der Waals surface area (Å²) in [6.07, 6.45) is 0.158. The molecule has 0 aliphatic heterocycles. The van der Waals surface area contributed by atoms with Gasteiger partial charge in [0.05, 0.1) is 17.8 Å². The molecule has 24 heavy (non-hydrogen) atoms. The molecule has 2 aromatic carbocycles. The normalized spacial score (nSPS) is 10.6. The first-order chi connectivity index (χ1) is 11.5. The molecule has 6 heteroatoms. The van der Waals surface area contributed by atoms with Crippen LogP contribution in [0.1, 0.15) is 11.3 Å². The van der Waals surface area contributed by atoms with Crippen molar-refractivity contribution in [3.8, 4) is 11.3 Å². The van der Waals surface area contributed by atoms with Crippen LogP contribution in [0.4, 0.5) is 10.1 Å². The first-order valence-corrected chi connectivity index (χ1v) is 7.76. The zero-order chi connectivity index (χ0) is 17.1. The molecule has 0 saturated heterocycles. The maximum atomic E-state index is 12.9. The van der Waals surface area contributed by atoms with Crippen LogP contribution in [0.5, 0.6) is 0 Å². The molecule has 0 saturated carbocycles. The number of H-pyrrole nitrogens is 1. The Morgan fingerprint density at radius 2 is 1.83 bits per heavy atom. The number of aromatic nitrogens is 2. The highest BCUT2D eigenvalue weighted by Crippen LogP contribution is 2.29. The first-order valence-electron chi connectivity index (χ1n) is 7.38. The van der Waals surface area contributed by atoms with Crippen molar-refractivity contribution in [1.82, 2.24) is 10.2 Å². The predicted octanol–water partition coefficient (Wildman–Crippen LogP) is 4.36. The second-order valence-electron chi connectivity index (χ2n) is 5.43. The summed E-state index contributed by atoms with van der Waals surface area (Å²) in [5, 5.41) is 10.6. The van der Waals surface area contributed by atoms with E-state index >= 15 is 0 Å². The van der Waals surface area contributed by atoms with E-state index in [1.807, 2.05) is 19.1 Å². The number of hydrogen-bond acceptors (Lipinski definition) is 2. The summed E-state index contributed by atoms with van der Waals surface area (Å²) in [4.78, 5) is 12.3. The van der Waals surface area contributed by atoms with Crippen LogP contribution in [0.25, 0.3) is 11.3 Å². The fourth-order valence-electron chi connectivity index (χ4n) is 2.37. The molecule has 4 nitrogen and oxygen atoms in total. The van der Waals surface area contributed by atoms with Crippen LogP contribution in [0.3, 0.4) is 0 Å². The van der Waals surface area contributed by atoms with Gasteiger partial charge in [-0.2, -0.15) is 5.10 Å². The lowest BCUT2D eigenvalue weighted by atomic mass is 10.1. The molecule has 0 unspecified atom stereocenters. The number of carbonyl (C=O) groups excluding carboxylic acids is 1. The molecule has 1 amide bonds. The highest BCUT2D eigenvalue weighted by atomic mass is 35.5. The summed E-state index contributed by atoms with van der Waals surface area (Å²) >= 11 is 5.91. The molecule has 1 aromatic heterocycles. The van der Waals surface area contributed by atoms with Gasteiger partial charge < -0.3 is 5.32 Å². The van der Waals surface area contributed by atoms with E-state index in [1.165, 1.54) is 12.1 Å². The number of carbonyl (C=O) groups is 1. The molecule has 3 rings (SSSR count). The molecular formula is C18H15ClFN3O. The standard InChI is InChI=1S/C18H15ClFN3O/c1-11-17(18(23-22-11)13-4-6-14(19)7-5-13)21-16(24)10-12-2-8-15(20)9-3-12/h2-9H,10H2,1H3,(H,21,24)(H,22,23). The number of halogens is 2. The minimum absolute atomic E-state index is 0.158. The number of amides is 1. The second kappa shape index (κ2) is 6.84. The Bertz CT molecular complexity index is 857. The number of aryl methyl sites for hydroxylation is 1. The summed E-state index contributed by atoms with van der Waals surface area (Å²) < 4.78 is 12.9. The van der Waals surface area contributed by atoms with Gasteiger partial charge in [0.25, 0.3) is 0 Å². The third-order valence-corrected chi connectivity index (χ3v) is 3.86. The van der Waals surface area contributed by atoms with E-state index in [0.29, 0.717) is 16.4 Å². The fourth-order valence-corrected chi connectivity index (χ4v) is 2.50. The number of benzene rings is 2. The summed E-state index contributed by atoms with van der Waals surface area (Å²) in [5.74, 6) is -0.517. The third-order valence-electron chi connectivity index (χ3n) is 3.61. The second-order valence-corrected chi connectivity index (χ2v) is 5.87. The molecule has 0 aliphatic carbocycles. The van der Waals surface area contributed by atoms with Crippen molar-refractivity contribution < 1.29 is 9.18 Å². The Labute approximate surface area is 143 Å². The van der Waals surface area contributed by atoms with Gasteiger partial charge in [0, 0.05) is 10.6 Å². The van der Waals surface area contributed by atoms with Gasteiger partial charge in [0.15, 0.2) is 0 Å². The Morgan fingerprint density at radius 1 is 1.17 bits per heavy atom. The summed E-state index contributed by atoms with van der Waals surface area (Å²) in [6, 6.07) is 13.1. The summed E-state index contributed by atoms with van der Waals surface area (Å²) in [7, 11) is 0. The van der Waals surface area contributed by atoms with E-state index in [1.54, 1.807) is 24.3 Å². The topological polar surface area (TPSA) is 57.8 Å². The van der Waals surface area contributed by atoms with Gasteiger partial charge in [-0.25, -0.2) is 4.39 Å². The summed E-state index contributed by atoms with van der Waals surface area (Å²) in [5.41, 5.74) is 3.62. The van der Waals surface area contributed by atoms with Gasteiger partial charge in [-0.05, 0) is 36.8 Å². The molecule has 3 aromatic rings. The van der Waals surface area contributed by atoms with Crippen LogP contribution in [0.15, 0.2) is 48.5 Å². The average Bonchev–Trinajstić information content (AvgIpc) is 2.91. The minimum Gasteiger partial charge on any atom is -0.322 e. The zero-order valence-corrected chi connectivity index (χ0v) is 13.7. The van der Waals surface area contributed by atoms with E-state index in [0.717, 1.165) is 16.8 Å². The SMILES string of the molecule is Cc1[nH]nc(-c2ccc(Cl)cc2)c1NC(=O)Cc1ccc(F)cc1. The van der Waals surface area contributed by atoms with Crippen LogP contribution in [0, 0.1) is 12.7 Å². The molecule has 0 radical (unpaired) electrons. The van der Waals surface area contributed by atoms with Crippen molar-refractivity contribution in [3.05, 3.63) is 70.6 Å². The van der Waals surface area contributed by atoms with Crippen molar-refractivity contribution >= 4 is 23.2 Å². The van der Waals surface area contributed by atoms with Crippen molar-refractivity contribution in [2.24, 2.45) is 0 Å². The van der Waals surface area contributed by atoms with Gasteiger partial charge in [-0.3, -0.25) is 9.89 Å². The van der Waals surface area contributed by atoms with Crippen molar-refractivity contribution in [1.29, 1.82) is 0 Å². The molecule has 0 atom stereocenters. The Balaban J connectivity index is 1.79. The maximum Gasteiger partial charge on any atom is 0.228 e. The Hall–Kier alpha value is -2.66. The fraction of sp³-hybridized carbons (Fsp3) is 0.111. The quantitative estimate of drug-likeness (QED) is 0.739. The van der Waals surface area contributed by atoms with Gasteiger partial charge in [0.2, 0.25) is 5.91 Å². The minimum atomic E-state index is -0.324. The molecule has 122 valence electrons. The third kappa shape index (κ3) is 3.63. The number of nitrogens with one attached hydrogen (secondary N) is 2. The monoisotopic (exact) mass is 343 g/mol. The molecule has 0 bridgehead atoms. The lowest BCUT2D eigenvalue weighted by molar-refractivity contribution is -0.115. The van der Waals surface area contributed by atoms with Crippen molar-refractivity contribution in [3.63, 3.8) is 0 Å². The van der Waals surface area contributed by atoms with E-state index in [4.69, 9.17) is 11.6 Å². The lowest BCUT2D eigenvalue weighted by Gasteiger charge is -2.07. The Morgan fingerprint density at radius 3 is 2.50 bits per heavy atom. The van der Waals surface area contributed by atoms with Gasteiger partial charge in [-0.15, -0.1) is 0 Å². The van der Waals surface area contributed by atoms with Crippen LogP contribution in [0.2, 0.25) is 5.02 Å². The smallest absolute Gasteiger partial charge is 0.228 e.